The third-order valence-corrected chi connectivity index (χ3v) is 6.46. The number of rotatable bonds is 5. The van der Waals surface area contributed by atoms with Crippen molar-refractivity contribution in [1.82, 2.24) is 9.80 Å². The summed E-state index contributed by atoms with van der Waals surface area (Å²) < 4.78 is 10.9. The first-order chi connectivity index (χ1) is 11.8. The van der Waals surface area contributed by atoms with Gasteiger partial charge in [0.15, 0.2) is 0 Å². The summed E-state index contributed by atoms with van der Waals surface area (Å²) in [5.41, 5.74) is 1.23. The topological polar surface area (TPSA) is 24.9 Å². The average molecular weight is 330 g/mol. The van der Waals surface area contributed by atoms with Gasteiger partial charge in [0, 0.05) is 44.3 Å². The number of benzene rings is 1. The van der Waals surface area contributed by atoms with Gasteiger partial charge in [-0.15, -0.1) is 0 Å². The van der Waals surface area contributed by atoms with Crippen LogP contribution in [0.25, 0.3) is 0 Å². The van der Waals surface area contributed by atoms with Gasteiger partial charge in [0.25, 0.3) is 0 Å². The average Bonchev–Trinajstić information content (AvgIpc) is 3.25. The van der Waals surface area contributed by atoms with Crippen molar-refractivity contribution < 1.29 is 9.47 Å². The molecule has 4 rings (SSSR count). The summed E-state index contributed by atoms with van der Waals surface area (Å²) in [5.74, 6) is 3.91. The van der Waals surface area contributed by atoms with Crippen molar-refractivity contribution in [2.24, 2.45) is 11.8 Å². The van der Waals surface area contributed by atoms with Gasteiger partial charge in [0.2, 0.25) is 0 Å². The van der Waals surface area contributed by atoms with Crippen LogP contribution >= 0.6 is 0 Å². The normalized spacial score (nSPS) is 30.7. The molecule has 0 amide bonds. The molecular formula is C20H30N2O2. The second kappa shape index (κ2) is 6.93. The Kier molecular flexibility index (Phi) is 4.68. The van der Waals surface area contributed by atoms with E-state index in [4.69, 9.17) is 9.47 Å². The lowest BCUT2D eigenvalue weighted by Gasteiger charge is -2.41. The Labute approximate surface area is 145 Å². The molecule has 3 aliphatic rings. The molecule has 4 nitrogen and oxygen atoms in total. The lowest BCUT2D eigenvalue weighted by Crippen LogP contribution is -2.51. The Balaban J connectivity index is 1.35. The standard InChI is InChI=1S/C20H30N2O2/c1-23-18-5-6-20(24-2)17(13-18)14-21-7-9-22(10-8-21)19-12-15-3-4-16(19)11-15/h5-6,13,15-16,19H,3-4,7-12,14H2,1-2H3/t15-,16+,19-/m1/s1. The molecule has 1 aliphatic heterocycles. The number of hydrogen-bond acceptors (Lipinski definition) is 4. The van der Waals surface area contributed by atoms with Gasteiger partial charge in [-0.25, -0.2) is 0 Å². The highest BCUT2D eigenvalue weighted by Gasteiger charge is 2.42. The molecular weight excluding hydrogens is 300 g/mol. The lowest BCUT2D eigenvalue weighted by atomic mass is 9.93. The molecule has 1 aromatic rings. The van der Waals surface area contributed by atoms with Gasteiger partial charge >= 0.3 is 0 Å². The Morgan fingerprint density at radius 3 is 2.46 bits per heavy atom. The van der Waals surface area contributed by atoms with Crippen molar-refractivity contribution in [2.75, 3.05) is 40.4 Å². The van der Waals surface area contributed by atoms with E-state index in [0.717, 1.165) is 49.0 Å². The largest absolute Gasteiger partial charge is 0.497 e. The predicted octanol–water partition coefficient (Wildman–Crippen LogP) is 3.01. The van der Waals surface area contributed by atoms with Crippen molar-refractivity contribution in [3.8, 4) is 11.5 Å². The molecule has 24 heavy (non-hydrogen) atoms. The SMILES string of the molecule is COc1ccc(OC)c(CN2CCN([C@@H]3C[C@@H]4CC[C@H]3C4)CC2)c1. The molecule has 0 aromatic heterocycles. The first-order valence-electron chi connectivity index (χ1n) is 9.44. The molecule has 3 fully saturated rings. The molecule has 1 heterocycles. The third-order valence-electron chi connectivity index (χ3n) is 6.46. The Morgan fingerprint density at radius 1 is 1.00 bits per heavy atom. The molecule has 3 atom stereocenters. The van der Waals surface area contributed by atoms with Crippen molar-refractivity contribution in [3.05, 3.63) is 23.8 Å². The van der Waals surface area contributed by atoms with Gasteiger partial charge in [-0.05, 0) is 49.3 Å². The van der Waals surface area contributed by atoms with Gasteiger partial charge in [0.05, 0.1) is 14.2 Å². The van der Waals surface area contributed by atoms with Gasteiger partial charge in [-0.2, -0.15) is 0 Å². The van der Waals surface area contributed by atoms with E-state index in [2.05, 4.69) is 15.9 Å². The van der Waals surface area contributed by atoms with Crippen molar-refractivity contribution in [2.45, 2.75) is 38.3 Å². The van der Waals surface area contributed by atoms with E-state index in [0.29, 0.717) is 0 Å². The molecule has 1 saturated heterocycles. The van der Waals surface area contributed by atoms with E-state index in [1.54, 1.807) is 14.2 Å². The van der Waals surface area contributed by atoms with Crippen molar-refractivity contribution in [1.29, 1.82) is 0 Å². The number of ether oxygens (including phenoxy) is 2. The van der Waals surface area contributed by atoms with Crippen LogP contribution in [0.15, 0.2) is 18.2 Å². The number of nitrogens with zero attached hydrogens (tertiary/aromatic N) is 2. The minimum absolute atomic E-state index is 0.886. The summed E-state index contributed by atoms with van der Waals surface area (Å²) in [7, 11) is 3.47. The Morgan fingerprint density at radius 2 is 1.83 bits per heavy atom. The fraction of sp³-hybridized carbons (Fsp3) is 0.700. The highest BCUT2D eigenvalue weighted by molar-refractivity contribution is 5.40. The first-order valence-corrected chi connectivity index (χ1v) is 9.44. The van der Waals surface area contributed by atoms with Crippen LogP contribution in [-0.4, -0.2) is 56.2 Å². The van der Waals surface area contributed by atoms with Crippen LogP contribution in [0.3, 0.4) is 0 Å². The van der Waals surface area contributed by atoms with E-state index >= 15 is 0 Å². The quantitative estimate of drug-likeness (QED) is 0.828. The molecule has 0 unspecified atom stereocenters. The highest BCUT2D eigenvalue weighted by Crippen LogP contribution is 2.46. The number of hydrogen-bond donors (Lipinski definition) is 0. The fourth-order valence-electron chi connectivity index (χ4n) is 5.16. The highest BCUT2D eigenvalue weighted by atomic mass is 16.5. The van der Waals surface area contributed by atoms with Crippen LogP contribution in [0.4, 0.5) is 0 Å². The predicted molar refractivity (Wildman–Crippen MR) is 95.6 cm³/mol. The van der Waals surface area contributed by atoms with Crippen LogP contribution in [-0.2, 0) is 6.54 Å². The lowest BCUT2D eigenvalue weighted by molar-refractivity contribution is 0.0676. The first kappa shape index (κ1) is 16.2. The van der Waals surface area contributed by atoms with E-state index in [-0.39, 0.29) is 0 Å². The van der Waals surface area contributed by atoms with E-state index in [9.17, 15) is 0 Å². The smallest absolute Gasteiger partial charge is 0.123 e. The molecule has 2 saturated carbocycles. The maximum Gasteiger partial charge on any atom is 0.123 e. The third kappa shape index (κ3) is 3.14. The summed E-state index contributed by atoms with van der Waals surface area (Å²) in [6.07, 6.45) is 5.95. The maximum atomic E-state index is 5.53. The van der Waals surface area contributed by atoms with Gasteiger partial charge in [-0.1, -0.05) is 6.42 Å². The van der Waals surface area contributed by atoms with E-state index in [1.165, 1.54) is 44.3 Å². The number of piperazine rings is 1. The number of fused-ring (bicyclic) bond motifs is 2. The van der Waals surface area contributed by atoms with E-state index in [1.807, 2.05) is 12.1 Å². The fourth-order valence-corrected chi connectivity index (χ4v) is 5.16. The van der Waals surface area contributed by atoms with Crippen molar-refractivity contribution >= 4 is 0 Å². The second-order valence-corrected chi connectivity index (χ2v) is 7.73. The van der Waals surface area contributed by atoms with Crippen LogP contribution < -0.4 is 9.47 Å². The van der Waals surface area contributed by atoms with Gasteiger partial charge in [-0.3, -0.25) is 9.80 Å². The zero-order chi connectivity index (χ0) is 16.5. The minimum atomic E-state index is 0.886. The van der Waals surface area contributed by atoms with Crippen LogP contribution in [0.5, 0.6) is 11.5 Å². The summed E-state index contributed by atoms with van der Waals surface area (Å²) >= 11 is 0. The van der Waals surface area contributed by atoms with Gasteiger partial charge < -0.3 is 9.47 Å². The molecule has 4 heteroatoms. The van der Waals surface area contributed by atoms with E-state index < -0.39 is 0 Å². The van der Waals surface area contributed by atoms with Crippen LogP contribution in [0, 0.1) is 11.8 Å². The van der Waals surface area contributed by atoms with Crippen LogP contribution in [0.2, 0.25) is 0 Å². The molecule has 132 valence electrons. The monoisotopic (exact) mass is 330 g/mol. The van der Waals surface area contributed by atoms with Crippen molar-refractivity contribution in [3.63, 3.8) is 0 Å². The summed E-state index contributed by atoms with van der Waals surface area (Å²) in [5, 5.41) is 0. The zero-order valence-corrected chi connectivity index (χ0v) is 15.0. The summed E-state index contributed by atoms with van der Waals surface area (Å²) in [4.78, 5) is 5.34. The van der Waals surface area contributed by atoms with Gasteiger partial charge in [0.1, 0.15) is 11.5 Å². The molecule has 0 radical (unpaired) electrons. The van der Waals surface area contributed by atoms with Crippen LogP contribution in [0.1, 0.15) is 31.2 Å². The molecule has 2 bridgehead atoms. The summed E-state index contributed by atoms with van der Waals surface area (Å²) in [6.45, 7) is 5.72. The molecule has 1 aromatic carbocycles. The molecule has 0 N–H and O–H groups in total. The number of methoxy groups -OCH3 is 2. The molecule has 2 aliphatic carbocycles. The molecule has 0 spiro atoms. The Bertz CT molecular complexity index is 569. The minimum Gasteiger partial charge on any atom is -0.497 e. The zero-order valence-electron chi connectivity index (χ0n) is 15.0. The maximum absolute atomic E-state index is 5.53. The second-order valence-electron chi connectivity index (χ2n) is 7.73. The Hall–Kier alpha value is -1.26. The summed E-state index contributed by atoms with van der Waals surface area (Å²) in [6, 6.07) is 6.98.